The summed E-state index contributed by atoms with van der Waals surface area (Å²) in [6.45, 7) is 26.9. The quantitative estimate of drug-likeness (QED) is 0.232. The van der Waals surface area contributed by atoms with Gasteiger partial charge in [-0.1, -0.05) is 45.4 Å². The SMILES string of the molecule is CCCCCCCCC(OC(C)(C)C)C(OC(C)(C)C)(OC(C)(C)C)OC(C)(C)C. The number of hydrogen-bond acceptors (Lipinski definition) is 4. The zero-order valence-electron chi connectivity index (χ0n) is 22.7. The molecule has 0 N–H and O–H groups in total. The molecule has 30 heavy (non-hydrogen) atoms. The third-order valence-electron chi connectivity index (χ3n) is 4.06. The van der Waals surface area contributed by atoms with Crippen LogP contribution in [0.15, 0.2) is 0 Å². The largest absolute Gasteiger partial charge is 0.364 e. The Kier molecular flexibility index (Phi) is 11.6. The van der Waals surface area contributed by atoms with E-state index in [2.05, 4.69) is 27.7 Å². The van der Waals surface area contributed by atoms with Crippen LogP contribution in [-0.2, 0) is 18.9 Å². The molecule has 4 heteroatoms. The van der Waals surface area contributed by atoms with Crippen LogP contribution in [0.4, 0.5) is 0 Å². The van der Waals surface area contributed by atoms with E-state index in [0.29, 0.717) is 0 Å². The Labute approximate surface area is 188 Å². The molecule has 0 saturated carbocycles. The maximum atomic E-state index is 6.61. The average molecular weight is 431 g/mol. The molecular formula is C26H54O4. The van der Waals surface area contributed by atoms with Crippen LogP contribution in [0.2, 0.25) is 0 Å². The summed E-state index contributed by atoms with van der Waals surface area (Å²) in [5, 5.41) is 0. The van der Waals surface area contributed by atoms with Crippen molar-refractivity contribution in [2.45, 2.75) is 169 Å². The van der Waals surface area contributed by atoms with Crippen molar-refractivity contribution in [3.8, 4) is 0 Å². The third-order valence-corrected chi connectivity index (χ3v) is 4.06. The van der Waals surface area contributed by atoms with Crippen LogP contribution in [0.5, 0.6) is 0 Å². The van der Waals surface area contributed by atoms with E-state index in [1.54, 1.807) is 0 Å². The second-order valence-electron chi connectivity index (χ2n) is 12.5. The van der Waals surface area contributed by atoms with Gasteiger partial charge in [-0.25, -0.2) is 0 Å². The predicted molar refractivity (Wildman–Crippen MR) is 128 cm³/mol. The van der Waals surface area contributed by atoms with E-state index in [1.807, 2.05) is 62.3 Å². The number of hydrogen-bond donors (Lipinski definition) is 0. The molecule has 182 valence electrons. The maximum Gasteiger partial charge on any atom is 0.312 e. The minimum absolute atomic E-state index is 0.345. The highest BCUT2D eigenvalue weighted by Crippen LogP contribution is 2.39. The fraction of sp³-hybridized carbons (Fsp3) is 1.00. The van der Waals surface area contributed by atoms with Crippen LogP contribution in [0.1, 0.15) is 135 Å². The summed E-state index contributed by atoms with van der Waals surface area (Å²) in [6.07, 6.45) is 7.83. The van der Waals surface area contributed by atoms with E-state index >= 15 is 0 Å². The van der Waals surface area contributed by atoms with Crippen molar-refractivity contribution >= 4 is 0 Å². The standard InChI is InChI=1S/C26H54O4/c1-14-15-16-17-18-19-20-21(27-22(2,3)4)26(28-23(5,6)7,29-24(8,9)10)30-25(11,12)13/h21H,14-20H2,1-13H3. The predicted octanol–water partition coefficient (Wildman–Crippen LogP) is 8.02. The van der Waals surface area contributed by atoms with Gasteiger partial charge in [0.05, 0.1) is 22.4 Å². The Morgan fingerprint density at radius 1 is 0.500 bits per heavy atom. The van der Waals surface area contributed by atoms with Crippen molar-refractivity contribution in [2.24, 2.45) is 0 Å². The molecular weight excluding hydrogens is 376 g/mol. The minimum atomic E-state index is -1.30. The van der Waals surface area contributed by atoms with Gasteiger partial charge in [0, 0.05) is 0 Å². The van der Waals surface area contributed by atoms with E-state index in [4.69, 9.17) is 18.9 Å². The van der Waals surface area contributed by atoms with Crippen molar-refractivity contribution < 1.29 is 18.9 Å². The molecule has 0 heterocycles. The lowest BCUT2D eigenvalue weighted by Gasteiger charge is -2.49. The monoisotopic (exact) mass is 430 g/mol. The van der Waals surface area contributed by atoms with Gasteiger partial charge in [0.1, 0.15) is 6.10 Å². The van der Waals surface area contributed by atoms with Crippen LogP contribution in [0.25, 0.3) is 0 Å². The molecule has 0 saturated heterocycles. The summed E-state index contributed by atoms with van der Waals surface area (Å²) >= 11 is 0. The van der Waals surface area contributed by atoms with Crippen molar-refractivity contribution in [3.05, 3.63) is 0 Å². The van der Waals surface area contributed by atoms with Gasteiger partial charge in [-0.15, -0.1) is 0 Å². The van der Waals surface area contributed by atoms with Gasteiger partial charge in [-0.05, 0) is 89.5 Å². The van der Waals surface area contributed by atoms with Crippen LogP contribution < -0.4 is 0 Å². The second kappa shape index (κ2) is 11.6. The number of ether oxygens (including phenoxy) is 4. The number of rotatable bonds is 12. The average Bonchev–Trinajstić information content (AvgIpc) is 2.42. The van der Waals surface area contributed by atoms with Gasteiger partial charge < -0.3 is 18.9 Å². The highest BCUT2D eigenvalue weighted by molar-refractivity contribution is 4.84. The molecule has 0 radical (unpaired) electrons. The summed E-state index contributed by atoms with van der Waals surface area (Å²) in [4.78, 5) is 0. The summed E-state index contributed by atoms with van der Waals surface area (Å²) < 4.78 is 26.4. The Morgan fingerprint density at radius 3 is 1.20 bits per heavy atom. The van der Waals surface area contributed by atoms with Crippen molar-refractivity contribution in [1.82, 2.24) is 0 Å². The molecule has 0 aliphatic heterocycles. The van der Waals surface area contributed by atoms with Crippen molar-refractivity contribution in [3.63, 3.8) is 0 Å². The van der Waals surface area contributed by atoms with Crippen LogP contribution in [-0.4, -0.2) is 34.5 Å². The van der Waals surface area contributed by atoms with Gasteiger partial charge in [0.15, 0.2) is 0 Å². The normalized spacial score (nSPS) is 15.5. The van der Waals surface area contributed by atoms with Gasteiger partial charge in [0.25, 0.3) is 0 Å². The molecule has 1 atom stereocenters. The van der Waals surface area contributed by atoms with Gasteiger partial charge in [0.2, 0.25) is 0 Å². The van der Waals surface area contributed by atoms with Gasteiger partial charge >= 0.3 is 5.97 Å². The highest BCUT2D eigenvalue weighted by atomic mass is 16.9. The molecule has 0 amide bonds. The first kappa shape index (κ1) is 29.8. The molecule has 0 aromatic carbocycles. The molecule has 0 spiro atoms. The van der Waals surface area contributed by atoms with E-state index in [0.717, 1.165) is 12.8 Å². The molecule has 0 bridgehead atoms. The van der Waals surface area contributed by atoms with Crippen LogP contribution >= 0.6 is 0 Å². The molecule has 0 rings (SSSR count). The molecule has 0 fully saturated rings. The van der Waals surface area contributed by atoms with E-state index in [-0.39, 0.29) is 11.7 Å². The first-order valence-electron chi connectivity index (χ1n) is 12.1. The smallest absolute Gasteiger partial charge is 0.312 e. The number of unbranched alkanes of at least 4 members (excludes halogenated alkanes) is 5. The minimum Gasteiger partial charge on any atom is -0.364 e. The first-order valence-corrected chi connectivity index (χ1v) is 12.1. The Balaban J connectivity index is 5.98. The lowest BCUT2D eigenvalue weighted by atomic mass is 10.0. The van der Waals surface area contributed by atoms with Crippen molar-refractivity contribution in [1.29, 1.82) is 0 Å². The molecule has 0 aromatic rings. The van der Waals surface area contributed by atoms with Crippen LogP contribution in [0.3, 0.4) is 0 Å². The third kappa shape index (κ3) is 14.8. The Bertz CT molecular complexity index is 417. The van der Waals surface area contributed by atoms with Gasteiger partial charge in [-0.3, -0.25) is 0 Å². The summed E-state index contributed by atoms with van der Waals surface area (Å²) in [6, 6.07) is 0. The van der Waals surface area contributed by atoms with E-state index in [9.17, 15) is 0 Å². The molecule has 4 nitrogen and oxygen atoms in total. The van der Waals surface area contributed by atoms with Crippen molar-refractivity contribution in [2.75, 3.05) is 0 Å². The van der Waals surface area contributed by atoms with Gasteiger partial charge in [-0.2, -0.15) is 0 Å². The fourth-order valence-corrected chi connectivity index (χ4v) is 3.38. The molecule has 0 aliphatic carbocycles. The lowest BCUT2D eigenvalue weighted by molar-refractivity contribution is -0.480. The fourth-order valence-electron chi connectivity index (χ4n) is 3.38. The zero-order valence-corrected chi connectivity index (χ0v) is 22.7. The summed E-state index contributed by atoms with van der Waals surface area (Å²) in [5.74, 6) is -1.30. The second-order valence-corrected chi connectivity index (χ2v) is 12.5. The zero-order chi connectivity index (χ0) is 23.9. The van der Waals surface area contributed by atoms with E-state index in [1.165, 1.54) is 32.1 Å². The van der Waals surface area contributed by atoms with Crippen LogP contribution in [0, 0.1) is 0 Å². The summed E-state index contributed by atoms with van der Waals surface area (Å²) in [5.41, 5.74) is -1.73. The highest BCUT2D eigenvalue weighted by Gasteiger charge is 2.52. The Morgan fingerprint density at radius 2 is 0.867 bits per heavy atom. The lowest BCUT2D eigenvalue weighted by Crippen LogP contribution is -2.60. The molecule has 0 aliphatic rings. The maximum absolute atomic E-state index is 6.61. The molecule has 0 aromatic heterocycles. The Hall–Kier alpha value is -0.160. The summed E-state index contributed by atoms with van der Waals surface area (Å²) in [7, 11) is 0. The topological polar surface area (TPSA) is 36.9 Å². The molecule has 1 unspecified atom stereocenters. The first-order chi connectivity index (χ1) is 13.3. The van der Waals surface area contributed by atoms with E-state index < -0.39 is 22.8 Å².